The average Bonchev–Trinajstić information content (AvgIpc) is 3.10. The van der Waals surface area contributed by atoms with E-state index in [0.717, 1.165) is 43.1 Å². The average molecular weight is 343 g/mol. The number of anilines is 2. The maximum absolute atomic E-state index is 9.25. The fourth-order valence-corrected chi connectivity index (χ4v) is 3.33. The van der Waals surface area contributed by atoms with E-state index in [-0.39, 0.29) is 5.41 Å². The monoisotopic (exact) mass is 343 g/mol. The second-order valence-electron chi connectivity index (χ2n) is 7.89. The van der Waals surface area contributed by atoms with E-state index in [0.29, 0.717) is 19.1 Å². The van der Waals surface area contributed by atoms with Crippen LogP contribution >= 0.6 is 0 Å². The number of pyridine rings is 1. The SMILES string of the molecule is CC(C)(C)c1[nH]ncc1CNc1ccc(N2CCC(CO)CC2)cn1. The second-order valence-corrected chi connectivity index (χ2v) is 7.89. The minimum absolute atomic E-state index is 0.0471. The lowest BCUT2D eigenvalue weighted by Crippen LogP contribution is -2.34. The van der Waals surface area contributed by atoms with Gasteiger partial charge in [-0.05, 0) is 30.9 Å². The number of aliphatic hydroxyl groups is 1. The molecule has 3 rings (SSSR count). The number of H-pyrrole nitrogens is 1. The van der Waals surface area contributed by atoms with E-state index in [4.69, 9.17) is 0 Å². The Hall–Kier alpha value is -2.08. The van der Waals surface area contributed by atoms with Gasteiger partial charge in [0.05, 0.1) is 18.1 Å². The maximum atomic E-state index is 9.25. The van der Waals surface area contributed by atoms with E-state index >= 15 is 0 Å². The van der Waals surface area contributed by atoms with Gasteiger partial charge in [0.15, 0.2) is 0 Å². The van der Waals surface area contributed by atoms with Crippen molar-refractivity contribution in [3.63, 3.8) is 0 Å². The van der Waals surface area contributed by atoms with Crippen molar-refractivity contribution >= 4 is 11.5 Å². The van der Waals surface area contributed by atoms with Gasteiger partial charge in [-0.25, -0.2) is 4.98 Å². The first-order valence-electron chi connectivity index (χ1n) is 9.06. The van der Waals surface area contributed by atoms with Crippen molar-refractivity contribution in [2.45, 2.75) is 45.6 Å². The lowest BCUT2D eigenvalue weighted by molar-refractivity contribution is 0.203. The van der Waals surface area contributed by atoms with Gasteiger partial charge in [-0.1, -0.05) is 20.8 Å². The molecule has 136 valence electrons. The van der Waals surface area contributed by atoms with Crippen molar-refractivity contribution in [3.05, 3.63) is 35.8 Å². The molecule has 25 heavy (non-hydrogen) atoms. The number of rotatable bonds is 5. The highest BCUT2D eigenvalue weighted by Crippen LogP contribution is 2.25. The van der Waals surface area contributed by atoms with Crippen LogP contribution in [0.4, 0.5) is 11.5 Å². The normalized spacial score (nSPS) is 16.2. The highest BCUT2D eigenvalue weighted by molar-refractivity contribution is 5.50. The number of aromatic nitrogens is 3. The summed E-state index contributed by atoms with van der Waals surface area (Å²) < 4.78 is 0. The molecule has 2 aromatic rings. The van der Waals surface area contributed by atoms with Gasteiger partial charge in [-0.2, -0.15) is 5.10 Å². The van der Waals surface area contributed by atoms with Crippen molar-refractivity contribution < 1.29 is 5.11 Å². The van der Waals surface area contributed by atoms with E-state index in [2.05, 4.69) is 52.2 Å². The third-order valence-corrected chi connectivity index (χ3v) is 4.91. The minimum Gasteiger partial charge on any atom is -0.396 e. The molecule has 2 aromatic heterocycles. The smallest absolute Gasteiger partial charge is 0.126 e. The summed E-state index contributed by atoms with van der Waals surface area (Å²) in [6.07, 6.45) is 5.91. The molecule has 0 unspecified atom stereocenters. The van der Waals surface area contributed by atoms with Crippen molar-refractivity contribution in [2.24, 2.45) is 5.92 Å². The van der Waals surface area contributed by atoms with E-state index in [1.165, 1.54) is 5.56 Å². The Morgan fingerprint density at radius 1 is 1.24 bits per heavy atom. The minimum atomic E-state index is 0.0471. The summed E-state index contributed by atoms with van der Waals surface area (Å²) in [5.74, 6) is 1.33. The van der Waals surface area contributed by atoms with Crippen LogP contribution < -0.4 is 10.2 Å². The molecular formula is C19H29N5O. The van der Waals surface area contributed by atoms with Gasteiger partial charge in [0.2, 0.25) is 0 Å². The van der Waals surface area contributed by atoms with Crippen LogP contribution in [0.15, 0.2) is 24.5 Å². The molecule has 0 radical (unpaired) electrons. The predicted molar refractivity (Wildman–Crippen MR) is 101 cm³/mol. The third-order valence-electron chi connectivity index (χ3n) is 4.91. The standard InChI is InChI=1S/C19H29N5O/c1-19(2,3)18-15(11-22-23-18)10-20-17-5-4-16(12-21-17)24-8-6-14(13-25)7-9-24/h4-5,11-12,14,25H,6-10,13H2,1-3H3,(H,20,21)(H,22,23). The molecule has 0 aromatic carbocycles. The van der Waals surface area contributed by atoms with Crippen LogP contribution in [0.2, 0.25) is 0 Å². The van der Waals surface area contributed by atoms with Gasteiger partial charge < -0.3 is 15.3 Å². The van der Waals surface area contributed by atoms with Crippen molar-refractivity contribution in [1.82, 2.24) is 15.2 Å². The fourth-order valence-electron chi connectivity index (χ4n) is 3.33. The van der Waals surface area contributed by atoms with Gasteiger partial charge in [0.1, 0.15) is 5.82 Å². The Labute approximate surface area is 149 Å². The van der Waals surface area contributed by atoms with E-state index in [1.54, 1.807) is 0 Å². The van der Waals surface area contributed by atoms with Crippen LogP contribution in [0.3, 0.4) is 0 Å². The summed E-state index contributed by atoms with van der Waals surface area (Å²) in [6, 6.07) is 4.15. The molecule has 6 heteroatoms. The Balaban J connectivity index is 1.58. The zero-order valence-corrected chi connectivity index (χ0v) is 15.4. The van der Waals surface area contributed by atoms with Gasteiger partial charge in [0, 0.05) is 42.9 Å². The van der Waals surface area contributed by atoms with Crippen LogP contribution in [0.25, 0.3) is 0 Å². The summed E-state index contributed by atoms with van der Waals surface area (Å²) >= 11 is 0. The highest BCUT2D eigenvalue weighted by Gasteiger charge is 2.20. The van der Waals surface area contributed by atoms with Crippen LogP contribution in [-0.2, 0) is 12.0 Å². The molecule has 0 saturated carbocycles. The quantitative estimate of drug-likeness (QED) is 0.778. The molecular weight excluding hydrogens is 314 g/mol. The first-order chi connectivity index (χ1) is 12.0. The molecule has 0 spiro atoms. The lowest BCUT2D eigenvalue weighted by Gasteiger charge is -2.32. The van der Waals surface area contributed by atoms with Crippen LogP contribution in [0.5, 0.6) is 0 Å². The van der Waals surface area contributed by atoms with E-state index in [1.807, 2.05) is 18.5 Å². The number of hydrogen-bond acceptors (Lipinski definition) is 5. The molecule has 1 aliphatic rings. The molecule has 3 N–H and O–H groups in total. The highest BCUT2D eigenvalue weighted by atomic mass is 16.3. The summed E-state index contributed by atoms with van der Waals surface area (Å²) in [5.41, 5.74) is 3.53. The summed E-state index contributed by atoms with van der Waals surface area (Å²) in [7, 11) is 0. The molecule has 1 aliphatic heterocycles. The van der Waals surface area contributed by atoms with E-state index < -0.39 is 0 Å². The third kappa shape index (κ3) is 4.31. The van der Waals surface area contributed by atoms with Gasteiger partial charge >= 0.3 is 0 Å². The number of nitrogens with one attached hydrogen (secondary N) is 2. The molecule has 0 bridgehead atoms. The first kappa shape index (κ1) is 17.7. The number of nitrogens with zero attached hydrogens (tertiary/aromatic N) is 3. The number of piperidine rings is 1. The molecule has 1 fully saturated rings. The summed E-state index contributed by atoms with van der Waals surface area (Å²) in [4.78, 5) is 6.90. The van der Waals surface area contributed by atoms with Gasteiger partial charge in [-0.3, -0.25) is 5.10 Å². The maximum Gasteiger partial charge on any atom is 0.126 e. The zero-order chi connectivity index (χ0) is 17.9. The Bertz CT molecular complexity index is 666. The van der Waals surface area contributed by atoms with Crippen molar-refractivity contribution in [2.75, 3.05) is 29.9 Å². The Morgan fingerprint density at radius 3 is 2.60 bits per heavy atom. The predicted octanol–water partition coefficient (Wildman–Crippen LogP) is 2.92. The molecule has 3 heterocycles. The number of aromatic amines is 1. The number of hydrogen-bond donors (Lipinski definition) is 3. The fraction of sp³-hybridized carbons (Fsp3) is 0.579. The largest absolute Gasteiger partial charge is 0.396 e. The van der Waals surface area contributed by atoms with Crippen LogP contribution in [-0.4, -0.2) is 40.0 Å². The second kappa shape index (κ2) is 7.44. The Morgan fingerprint density at radius 2 is 2.00 bits per heavy atom. The summed E-state index contributed by atoms with van der Waals surface area (Å²) in [5, 5.41) is 19.9. The Kier molecular flexibility index (Phi) is 5.27. The summed E-state index contributed by atoms with van der Waals surface area (Å²) in [6.45, 7) is 9.52. The van der Waals surface area contributed by atoms with Gasteiger partial charge in [0.25, 0.3) is 0 Å². The molecule has 1 saturated heterocycles. The topological polar surface area (TPSA) is 77.1 Å². The van der Waals surface area contributed by atoms with Crippen molar-refractivity contribution in [1.29, 1.82) is 0 Å². The molecule has 0 amide bonds. The number of aliphatic hydroxyl groups excluding tert-OH is 1. The zero-order valence-electron chi connectivity index (χ0n) is 15.4. The van der Waals surface area contributed by atoms with Crippen molar-refractivity contribution in [3.8, 4) is 0 Å². The van der Waals surface area contributed by atoms with Crippen LogP contribution in [0, 0.1) is 5.92 Å². The lowest BCUT2D eigenvalue weighted by atomic mass is 9.89. The molecule has 0 aliphatic carbocycles. The van der Waals surface area contributed by atoms with E-state index in [9.17, 15) is 5.11 Å². The van der Waals surface area contributed by atoms with Crippen LogP contribution in [0.1, 0.15) is 44.9 Å². The first-order valence-corrected chi connectivity index (χ1v) is 9.06. The molecule has 6 nitrogen and oxygen atoms in total. The molecule has 0 atom stereocenters. The van der Waals surface area contributed by atoms with Gasteiger partial charge in [-0.15, -0.1) is 0 Å².